The number of pyridine rings is 2. The number of anilines is 1. The van der Waals surface area contributed by atoms with Crippen molar-refractivity contribution in [2.75, 3.05) is 32.1 Å². The van der Waals surface area contributed by atoms with E-state index in [0.717, 1.165) is 36.8 Å². The molecule has 0 bridgehead atoms. The smallest absolute Gasteiger partial charge is 0.239 e. The average molecular weight is 715 g/mol. The Kier molecular flexibility index (Phi) is 16.5. The largest absolute Gasteiger partial charge is 0.360 e. The summed E-state index contributed by atoms with van der Waals surface area (Å²) >= 11 is 5.42. The monoisotopic (exact) mass is 714 g/mol. The van der Waals surface area contributed by atoms with Crippen molar-refractivity contribution in [1.82, 2.24) is 15.3 Å². The molecule has 268 valence electrons. The van der Waals surface area contributed by atoms with Crippen molar-refractivity contribution in [1.29, 1.82) is 0 Å². The van der Waals surface area contributed by atoms with Crippen LogP contribution in [0.25, 0.3) is 0 Å². The van der Waals surface area contributed by atoms with Gasteiger partial charge in [0.1, 0.15) is 20.8 Å². The number of nitrogens with one attached hydrogen (secondary N) is 1. The highest BCUT2D eigenvalue weighted by Crippen LogP contribution is 2.43. The summed E-state index contributed by atoms with van der Waals surface area (Å²) in [5.41, 5.74) is 1.18. The molecule has 2 aromatic heterocycles. The first-order valence-corrected chi connectivity index (χ1v) is 20.3. The third kappa shape index (κ3) is 16.4. The van der Waals surface area contributed by atoms with Gasteiger partial charge in [0.15, 0.2) is 0 Å². The maximum absolute atomic E-state index is 11.2. The molecule has 4 rings (SSSR count). The van der Waals surface area contributed by atoms with Gasteiger partial charge in [0.25, 0.3) is 0 Å². The fraction of sp³-hybridized carbons (Fsp3) is 0.706. The van der Waals surface area contributed by atoms with E-state index in [2.05, 4.69) is 47.9 Å². The van der Waals surface area contributed by atoms with Gasteiger partial charge in [-0.2, -0.15) is 0 Å². The van der Waals surface area contributed by atoms with Crippen LogP contribution in [-0.2, 0) is 20.0 Å². The van der Waals surface area contributed by atoms with E-state index in [0.29, 0.717) is 10.8 Å². The number of hydrogen-bond acceptors (Lipinski definition) is 8. The number of unbranched alkanes of at least 4 members (excludes halogenated alkanes) is 2. The number of nitrogens with two attached hydrogens (primary N) is 2. The topological polar surface area (TPSA) is 161 Å². The summed E-state index contributed by atoms with van der Waals surface area (Å²) in [6.07, 6.45) is 18.8. The van der Waals surface area contributed by atoms with Gasteiger partial charge in [0.05, 0.1) is 0 Å². The Bertz CT molecular complexity index is 1420. The van der Waals surface area contributed by atoms with E-state index in [1.807, 2.05) is 14.1 Å². The van der Waals surface area contributed by atoms with Crippen molar-refractivity contribution < 1.29 is 16.8 Å². The maximum Gasteiger partial charge on any atom is 0.239 e. The van der Waals surface area contributed by atoms with Gasteiger partial charge >= 0.3 is 0 Å². The number of hydrogen-bond donors (Lipinski definition) is 3. The number of nitrogens with zero attached hydrogens (tertiary/aromatic N) is 3. The summed E-state index contributed by atoms with van der Waals surface area (Å²) < 4.78 is 43.7. The van der Waals surface area contributed by atoms with Crippen molar-refractivity contribution in [2.45, 2.75) is 115 Å². The Labute approximate surface area is 290 Å². The van der Waals surface area contributed by atoms with Gasteiger partial charge < -0.3 is 10.2 Å². The van der Waals surface area contributed by atoms with E-state index in [9.17, 15) is 16.8 Å². The van der Waals surface area contributed by atoms with Gasteiger partial charge in [-0.15, -0.1) is 0 Å². The Hall–Kier alpha value is -1.83. The molecule has 2 atom stereocenters. The molecule has 0 amide bonds. The van der Waals surface area contributed by atoms with Crippen LogP contribution in [0.4, 0.5) is 5.82 Å². The van der Waals surface area contributed by atoms with Gasteiger partial charge in [0, 0.05) is 26.0 Å². The van der Waals surface area contributed by atoms with Crippen molar-refractivity contribution in [3.8, 4) is 0 Å². The van der Waals surface area contributed by atoms with Crippen LogP contribution in [0.5, 0.6) is 0 Å². The van der Waals surface area contributed by atoms with Gasteiger partial charge in [-0.1, -0.05) is 65.0 Å². The lowest BCUT2D eigenvalue weighted by molar-refractivity contribution is 0.350. The first kappa shape index (κ1) is 41.3. The minimum absolute atomic E-state index is 0.0399. The minimum atomic E-state index is -3.67. The summed E-state index contributed by atoms with van der Waals surface area (Å²) in [5.74, 6) is 2.70. The first-order chi connectivity index (χ1) is 21.8. The van der Waals surface area contributed by atoms with Gasteiger partial charge in [-0.25, -0.2) is 37.1 Å². The molecule has 2 saturated carbocycles. The molecule has 0 saturated heterocycles. The van der Waals surface area contributed by atoms with Crippen LogP contribution in [0.3, 0.4) is 0 Å². The molecule has 0 spiro atoms. The normalized spacial score (nSPS) is 20.1. The molecule has 5 N–H and O–H groups in total. The Morgan fingerprint density at radius 1 is 0.809 bits per heavy atom. The van der Waals surface area contributed by atoms with E-state index in [1.165, 1.54) is 102 Å². The first-order valence-electron chi connectivity index (χ1n) is 16.8. The zero-order valence-corrected chi connectivity index (χ0v) is 31.7. The lowest BCUT2D eigenvalue weighted by atomic mass is 9.89. The highest BCUT2D eigenvalue weighted by molar-refractivity contribution is 7.89. The molecule has 2 fully saturated rings. The molecule has 2 aliphatic rings. The van der Waals surface area contributed by atoms with E-state index in [1.54, 1.807) is 6.07 Å². The zero-order chi connectivity index (χ0) is 35.3. The minimum Gasteiger partial charge on any atom is -0.360 e. The molecule has 2 aliphatic carbocycles. The Morgan fingerprint density at radius 3 is 1.68 bits per heavy atom. The molecular formula is C34H59ClN6O4S2. The summed E-state index contributed by atoms with van der Waals surface area (Å²) in [7, 11) is -3.28. The maximum atomic E-state index is 11.2. The predicted molar refractivity (Wildman–Crippen MR) is 193 cm³/mol. The molecule has 2 heterocycles. The van der Waals surface area contributed by atoms with Crippen molar-refractivity contribution in [3.63, 3.8) is 0 Å². The molecule has 10 nitrogen and oxygen atoms in total. The second-order valence-corrected chi connectivity index (χ2v) is 18.3. The van der Waals surface area contributed by atoms with E-state index >= 15 is 0 Å². The fourth-order valence-electron chi connectivity index (χ4n) is 6.58. The quantitative estimate of drug-likeness (QED) is 0.152. The highest BCUT2D eigenvalue weighted by Gasteiger charge is 2.31. The number of halogens is 1. The van der Waals surface area contributed by atoms with Gasteiger partial charge in [0.2, 0.25) is 20.0 Å². The Morgan fingerprint density at radius 2 is 1.30 bits per heavy atom. The summed E-state index contributed by atoms with van der Waals surface area (Å²) in [5, 5.41) is 13.3. The van der Waals surface area contributed by atoms with Crippen LogP contribution in [0, 0.1) is 22.7 Å². The highest BCUT2D eigenvalue weighted by atomic mass is 35.5. The van der Waals surface area contributed by atoms with E-state index in [-0.39, 0.29) is 14.9 Å². The number of rotatable bonds is 13. The lowest BCUT2D eigenvalue weighted by Gasteiger charge is -2.19. The van der Waals surface area contributed by atoms with Crippen LogP contribution < -0.4 is 20.5 Å². The van der Waals surface area contributed by atoms with Gasteiger partial charge in [-0.3, -0.25) is 0 Å². The third-order valence-corrected chi connectivity index (χ3v) is 11.3. The van der Waals surface area contributed by atoms with Crippen LogP contribution in [0.2, 0.25) is 5.15 Å². The van der Waals surface area contributed by atoms with Crippen LogP contribution >= 0.6 is 11.6 Å². The van der Waals surface area contributed by atoms with Crippen molar-refractivity contribution in [2.24, 2.45) is 32.9 Å². The molecule has 0 aliphatic heterocycles. The summed E-state index contributed by atoms with van der Waals surface area (Å²) in [6.45, 7) is 11.7. The Balaban J connectivity index is 0.000000270. The molecule has 47 heavy (non-hydrogen) atoms. The predicted octanol–water partition coefficient (Wildman–Crippen LogP) is 6.75. The summed E-state index contributed by atoms with van der Waals surface area (Å²) in [4.78, 5) is 9.81. The average Bonchev–Trinajstić information content (AvgIpc) is 3.52. The molecule has 0 aromatic carbocycles. The summed E-state index contributed by atoms with van der Waals surface area (Å²) in [6, 6.07) is 5.87. The molecule has 0 radical (unpaired) electrons. The van der Waals surface area contributed by atoms with Crippen molar-refractivity contribution >= 4 is 37.5 Å². The number of sulfonamides is 2. The third-order valence-electron chi connectivity index (χ3n) is 9.26. The zero-order valence-electron chi connectivity index (χ0n) is 29.3. The molecule has 2 aromatic rings. The second-order valence-electron chi connectivity index (χ2n) is 14.8. The van der Waals surface area contributed by atoms with Crippen LogP contribution in [0.15, 0.2) is 46.5 Å². The fourth-order valence-corrected chi connectivity index (χ4v) is 7.61. The number of primary sulfonamides is 2. The standard InChI is InChI=1S/C17H29N3O2S.C12H25N.C5H5ClN2O2S/c1-17(2)10-9-14(12-17)6-4-5-11-20(3)16-8-7-15(13-19-16)23(18,21)22;1-12(2)8-7-11(10-12)6-4-5-9-13-3;6-5-2-1-4(3-8-5)11(7,9)10/h7-8,13-14H,4-6,9-12H2,1-3H3,(H2,18,21,22);11,13H,4-10H2,1-3H3;1-3H,(H2,7,9,10). The van der Waals surface area contributed by atoms with Crippen LogP contribution in [0.1, 0.15) is 105 Å². The second kappa shape index (κ2) is 18.8. The van der Waals surface area contributed by atoms with E-state index in [4.69, 9.17) is 21.9 Å². The molecule has 2 unspecified atom stereocenters. The molecule has 13 heteroatoms. The number of aromatic nitrogens is 2. The van der Waals surface area contributed by atoms with Gasteiger partial charge in [-0.05, 0) is 112 Å². The van der Waals surface area contributed by atoms with Crippen molar-refractivity contribution in [3.05, 3.63) is 41.8 Å². The SMILES string of the molecule is CN(CCCCC1CCC(C)(C)C1)c1ccc(S(N)(=O)=O)cn1.CNCCCCC1CCC(C)(C)C1.NS(=O)(=O)c1ccc(Cl)nc1. The lowest BCUT2D eigenvalue weighted by Crippen LogP contribution is -2.20. The molecular weight excluding hydrogens is 656 g/mol. The van der Waals surface area contributed by atoms with Crippen LogP contribution in [-0.4, -0.2) is 54.0 Å². The van der Waals surface area contributed by atoms with E-state index < -0.39 is 20.0 Å².